The van der Waals surface area contributed by atoms with Crippen molar-refractivity contribution in [2.75, 3.05) is 12.3 Å². The number of hydrogen-bond acceptors (Lipinski definition) is 12. The summed E-state index contributed by atoms with van der Waals surface area (Å²) < 4.78 is 37.8. The summed E-state index contributed by atoms with van der Waals surface area (Å²) in [5, 5.41) is 23.7. The summed E-state index contributed by atoms with van der Waals surface area (Å²) in [4.78, 5) is 24.7. The molecule has 3 aromatic rings. The molecule has 208 valence electrons. The molecule has 0 unspecified atom stereocenters. The molecule has 1 saturated heterocycles. The van der Waals surface area contributed by atoms with Gasteiger partial charge in [-0.3, -0.25) is 13.9 Å². The number of rotatable bonds is 10. The second-order valence-electron chi connectivity index (χ2n) is 9.48. The Labute approximate surface area is 224 Å². The van der Waals surface area contributed by atoms with E-state index in [4.69, 9.17) is 24.3 Å². The van der Waals surface area contributed by atoms with Crippen LogP contribution in [0, 0.1) is 16.7 Å². The molecular formula is C24H30N7O7P. The highest BCUT2D eigenvalue weighted by atomic mass is 31.2. The Balaban J connectivity index is 1.57. The molecule has 39 heavy (non-hydrogen) atoms. The van der Waals surface area contributed by atoms with Crippen molar-refractivity contribution in [1.29, 1.82) is 5.26 Å². The monoisotopic (exact) mass is 559 g/mol. The van der Waals surface area contributed by atoms with E-state index in [1.807, 2.05) is 0 Å². The number of hydrogen-bond donors (Lipinski definition) is 3. The van der Waals surface area contributed by atoms with Crippen molar-refractivity contribution < 1.29 is 33.0 Å². The molecule has 0 spiro atoms. The minimum Gasteiger partial charge on any atom is -0.462 e. The van der Waals surface area contributed by atoms with Gasteiger partial charge in [0.15, 0.2) is 17.7 Å². The lowest BCUT2D eigenvalue weighted by Gasteiger charge is -2.26. The predicted octanol–water partition coefficient (Wildman–Crippen LogP) is 2.33. The molecule has 4 N–H and O–H groups in total. The predicted molar refractivity (Wildman–Crippen MR) is 138 cm³/mol. The van der Waals surface area contributed by atoms with Crippen molar-refractivity contribution in [2.45, 2.75) is 58.3 Å². The second-order valence-corrected chi connectivity index (χ2v) is 11.2. The first-order valence-corrected chi connectivity index (χ1v) is 13.7. The largest absolute Gasteiger partial charge is 0.462 e. The molecule has 0 aliphatic carbocycles. The fourth-order valence-electron chi connectivity index (χ4n) is 4.07. The number of nitrogens with one attached hydrogen (secondary N) is 1. The number of nitriles is 1. The highest BCUT2D eigenvalue weighted by Gasteiger charge is 2.55. The fourth-order valence-corrected chi connectivity index (χ4v) is 5.57. The Morgan fingerprint density at radius 2 is 2.03 bits per heavy atom. The van der Waals surface area contributed by atoms with Gasteiger partial charge in [-0.05, 0) is 39.8 Å². The summed E-state index contributed by atoms with van der Waals surface area (Å²) in [7, 11) is -4.23. The number of aromatic nitrogens is 4. The van der Waals surface area contributed by atoms with Gasteiger partial charge >= 0.3 is 13.7 Å². The van der Waals surface area contributed by atoms with E-state index < -0.39 is 50.2 Å². The van der Waals surface area contributed by atoms with E-state index in [2.05, 4.69) is 26.1 Å². The number of carbonyl (C=O) groups is 1. The molecule has 1 aliphatic heterocycles. The summed E-state index contributed by atoms with van der Waals surface area (Å²) in [5.41, 5.74) is 5.02. The van der Waals surface area contributed by atoms with Gasteiger partial charge in [0.2, 0.25) is 0 Å². The summed E-state index contributed by atoms with van der Waals surface area (Å²) in [6.07, 6.45) is -1.30. The number of para-hydroxylation sites is 1. The zero-order chi connectivity index (χ0) is 28.4. The van der Waals surface area contributed by atoms with Gasteiger partial charge in [-0.1, -0.05) is 18.2 Å². The summed E-state index contributed by atoms with van der Waals surface area (Å²) in [6.45, 7) is 5.89. The fraction of sp³-hybridized carbons (Fsp3) is 0.458. The van der Waals surface area contributed by atoms with Crippen molar-refractivity contribution >= 4 is 30.7 Å². The maximum absolute atomic E-state index is 13.8. The number of ether oxygens (including phenoxy) is 2. The number of nitrogens with two attached hydrogens (primary N) is 1. The van der Waals surface area contributed by atoms with Gasteiger partial charge in [-0.15, -0.1) is 0 Å². The topological polar surface area (TPSA) is 197 Å². The van der Waals surface area contributed by atoms with Gasteiger partial charge in [0, 0.05) is 0 Å². The Morgan fingerprint density at radius 3 is 2.69 bits per heavy atom. The standard InChI is InChI=1S/C24H30N7O7P/c1-14(2)36-22(33)15(3)30-39(34,38-16-8-6-5-7-9-16)35-10-17-19(32)24(4,11-25)23(37-17)31-13-29-18-20(26)27-12-28-21(18)31/h5-9,12-15,17,19,23,32H,10H2,1-4H3,(H,30,34)(H2,26,27,28)/t15-,17-,19-,23-,24-,39-/m1/s1. The third-order valence-electron chi connectivity index (χ3n) is 6.10. The SMILES string of the molecule is CC(C)OC(=O)[C@@H](C)N[P@@](=O)(OC[C@H]1O[C@@H](n2cnc3c(N)ncnc32)[C@](C)(C#N)[C@@H]1O)Oc1ccccc1. The van der Waals surface area contributed by atoms with Crippen LogP contribution in [0.15, 0.2) is 43.0 Å². The zero-order valence-corrected chi connectivity index (χ0v) is 22.7. The number of nitrogens with zero attached hydrogens (tertiary/aromatic N) is 5. The van der Waals surface area contributed by atoms with Crippen LogP contribution < -0.4 is 15.3 Å². The van der Waals surface area contributed by atoms with Gasteiger partial charge < -0.3 is 24.8 Å². The van der Waals surface area contributed by atoms with E-state index in [1.54, 1.807) is 44.2 Å². The van der Waals surface area contributed by atoms with Crippen LogP contribution in [0.25, 0.3) is 11.2 Å². The van der Waals surface area contributed by atoms with Crippen molar-refractivity contribution in [3.05, 3.63) is 43.0 Å². The van der Waals surface area contributed by atoms with Gasteiger partial charge in [0.05, 0.1) is 25.1 Å². The smallest absolute Gasteiger partial charge is 0.459 e. The van der Waals surface area contributed by atoms with E-state index in [0.717, 1.165) is 0 Å². The molecule has 6 atom stereocenters. The van der Waals surface area contributed by atoms with Crippen molar-refractivity contribution in [3.63, 3.8) is 0 Å². The number of aliphatic hydroxyl groups is 1. The van der Waals surface area contributed by atoms with E-state index in [-0.39, 0.29) is 17.7 Å². The lowest BCUT2D eigenvalue weighted by Crippen LogP contribution is -2.39. The lowest BCUT2D eigenvalue weighted by molar-refractivity contribution is -0.149. The molecular weight excluding hydrogens is 529 g/mol. The number of anilines is 1. The second kappa shape index (κ2) is 11.3. The molecule has 1 aromatic carbocycles. The zero-order valence-electron chi connectivity index (χ0n) is 21.8. The molecule has 1 aliphatic rings. The number of imidazole rings is 1. The van der Waals surface area contributed by atoms with E-state index in [0.29, 0.717) is 11.2 Å². The summed E-state index contributed by atoms with van der Waals surface area (Å²) >= 11 is 0. The number of benzene rings is 1. The van der Waals surface area contributed by atoms with Crippen LogP contribution in [-0.2, 0) is 23.4 Å². The molecule has 0 amide bonds. The molecule has 15 heteroatoms. The van der Waals surface area contributed by atoms with Crippen molar-refractivity contribution in [2.24, 2.45) is 5.41 Å². The highest BCUT2D eigenvalue weighted by molar-refractivity contribution is 7.52. The Hall–Kier alpha value is -3.60. The summed E-state index contributed by atoms with van der Waals surface area (Å²) in [6, 6.07) is 9.28. The highest BCUT2D eigenvalue weighted by Crippen LogP contribution is 2.49. The third kappa shape index (κ3) is 5.88. The van der Waals surface area contributed by atoms with Gasteiger partial charge in [0.1, 0.15) is 41.3 Å². The normalized spacial score (nSPS) is 25.2. The average molecular weight is 560 g/mol. The molecule has 0 radical (unpaired) electrons. The van der Waals surface area contributed by atoms with Gasteiger partial charge in [0.25, 0.3) is 0 Å². The molecule has 1 fully saturated rings. The Morgan fingerprint density at radius 1 is 1.31 bits per heavy atom. The molecule has 4 rings (SSSR count). The lowest BCUT2D eigenvalue weighted by atomic mass is 9.84. The number of fused-ring (bicyclic) bond motifs is 1. The average Bonchev–Trinajstić information content (AvgIpc) is 3.43. The first kappa shape index (κ1) is 28.4. The maximum Gasteiger partial charge on any atom is 0.459 e. The van der Waals surface area contributed by atoms with E-state index in [9.17, 15) is 19.7 Å². The summed E-state index contributed by atoms with van der Waals surface area (Å²) in [5.74, 6) is -0.299. The Kier molecular flexibility index (Phi) is 8.20. The van der Waals surface area contributed by atoms with Crippen LogP contribution in [0.1, 0.15) is 33.9 Å². The van der Waals surface area contributed by atoms with Crippen LogP contribution >= 0.6 is 7.75 Å². The number of carbonyl (C=O) groups excluding carboxylic acids is 1. The molecule has 14 nitrogen and oxygen atoms in total. The van der Waals surface area contributed by atoms with E-state index >= 15 is 0 Å². The van der Waals surface area contributed by atoms with E-state index in [1.165, 1.54) is 31.1 Å². The number of esters is 1. The van der Waals surface area contributed by atoms with Crippen molar-refractivity contribution in [3.8, 4) is 11.8 Å². The number of aliphatic hydroxyl groups excluding tert-OH is 1. The van der Waals surface area contributed by atoms with Crippen molar-refractivity contribution in [1.82, 2.24) is 24.6 Å². The third-order valence-corrected chi connectivity index (χ3v) is 7.74. The van der Waals surface area contributed by atoms with Crippen LogP contribution in [0.3, 0.4) is 0 Å². The molecule has 3 heterocycles. The van der Waals surface area contributed by atoms with Crippen LogP contribution in [-0.4, -0.2) is 61.6 Å². The minimum absolute atomic E-state index is 0.144. The molecule has 0 saturated carbocycles. The molecule has 2 aromatic heterocycles. The van der Waals surface area contributed by atoms with Crippen LogP contribution in [0.5, 0.6) is 5.75 Å². The quantitative estimate of drug-likeness (QED) is 0.242. The minimum atomic E-state index is -4.23. The number of nitrogen functional groups attached to an aromatic ring is 1. The molecule has 0 bridgehead atoms. The van der Waals surface area contributed by atoms with Gasteiger partial charge in [-0.2, -0.15) is 10.3 Å². The maximum atomic E-state index is 13.8. The first-order valence-electron chi connectivity index (χ1n) is 12.1. The van der Waals surface area contributed by atoms with Crippen LogP contribution in [0.2, 0.25) is 0 Å². The van der Waals surface area contributed by atoms with Crippen LogP contribution in [0.4, 0.5) is 5.82 Å². The first-order chi connectivity index (χ1) is 18.5. The Bertz CT molecular complexity index is 1410. The van der Waals surface area contributed by atoms with Gasteiger partial charge in [-0.25, -0.2) is 19.5 Å².